The van der Waals surface area contributed by atoms with Crippen molar-refractivity contribution in [2.45, 2.75) is 12.7 Å². The highest BCUT2D eigenvalue weighted by molar-refractivity contribution is 7.98. The molecule has 1 rings (SSSR count). The molecule has 1 aromatic heterocycles. The number of aryl methyl sites for hydroxylation is 1. The molecule has 0 fully saturated rings. The highest BCUT2D eigenvalue weighted by Crippen LogP contribution is 2.13. The van der Waals surface area contributed by atoms with E-state index in [4.69, 9.17) is 5.73 Å². The molecule has 1 aromatic rings. The molecule has 0 saturated heterocycles. The first kappa shape index (κ1) is 10.6. The molecule has 2 N–H and O–H groups in total. The average molecular weight is 199 g/mol. The number of nitrogens with zero attached hydrogens (tertiary/aromatic N) is 2. The lowest BCUT2D eigenvalue weighted by atomic mass is 10.2. The fourth-order valence-electron chi connectivity index (χ4n) is 0.992. The highest BCUT2D eigenvalue weighted by Gasteiger charge is 2.00. The molecule has 3 nitrogen and oxygen atoms in total. The minimum Gasteiger partial charge on any atom is -0.330 e. The standard InChI is InChI=1S/C9H17N3S/c1-8(3-10)6-13-7-9-4-11-12(2)5-9/h4-5,8H,3,6-7,10H2,1-2H3. The van der Waals surface area contributed by atoms with Crippen LogP contribution in [0.15, 0.2) is 12.4 Å². The summed E-state index contributed by atoms with van der Waals surface area (Å²) in [5.74, 6) is 2.78. The fraction of sp³-hybridized carbons (Fsp3) is 0.667. The van der Waals surface area contributed by atoms with Gasteiger partial charge < -0.3 is 5.73 Å². The van der Waals surface area contributed by atoms with Gasteiger partial charge in [-0.3, -0.25) is 4.68 Å². The molecule has 1 heterocycles. The third-order valence-corrected chi connectivity index (χ3v) is 3.17. The average Bonchev–Trinajstić information content (AvgIpc) is 2.51. The summed E-state index contributed by atoms with van der Waals surface area (Å²) in [5, 5.41) is 4.11. The summed E-state index contributed by atoms with van der Waals surface area (Å²) in [5.41, 5.74) is 6.81. The first-order valence-corrected chi connectivity index (χ1v) is 5.63. The van der Waals surface area contributed by atoms with Crippen LogP contribution in [0.25, 0.3) is 0 Å². The van der Waals surface area contributed by atoms with E-state index in [1.54, 1.807) is 0 Å². The Kier molecular flexibility index (Phi) is 4.32. The number of thioether (sulfide) groups is 1. The summed E-state index contributed by atoms with van der Waals surface area (Å²) in [4.78, 5) is 0. The van der Waals surface area contributed by atoms with Crippen LogP contribution in [0, 0.1) is 5.92 Å². The lowest BCUT2D eigenvalue weighted by molar-refractivity contribution is 0.675. The zero-order valence-electron chi connectivity index (χ0n) is 8.23. The third kappa shape index (κ3) is 3.83. The molecule has 0 bridgehead atoms. The van der Waals surface area contributed by atoms with Crippen LogP contribution in [-0.2, 0) is 12.8 Å². The summed E-state index contributed by atoms with van der Waals surface area (Å²) < 4.78 is 1.84. The molecule has 1 unspecified atom stereocenters. The molecule has 0 amide bonds. The van der Waals surface area contributed by atoms with Gasteiger partial charge in [0.25, 0.3) is 0 Å². The zero-order valence-corrected chi connectivity index (χ0v) is 9.05. The Hall–Kier alpha value is -0.480. The number of hydrogen-bond donors (Lipinski definition) is 1. The predicted molar refractivity (Wildman–Crippen MR) is 57.6 cm³/mol. The van der Waals surface area contributed by atoms with Gasteiger partial charge in [0.2, 0.25) is 0 Å². The Labute approximate surface area is 83.7 Å². The van der Waals surface area contributed by atoms with Crippen molar-refractivity contribution in [3.8, 4) is 0 Å². The Bertz CT molecular complexity index is 247. The molecule has 1 atom stereocenters. The smallest absolute Gasteiger partial charge is 0.0530 e. The summed E-state index contributed by atoms with van der Waals surface area (Å²) in [6.45, 7) is 2.95. The summed E-state index contributed by atoms with van der Waals surface area (Å²) in [6, 6.07) is 0. The van der Waals surface area contributed by atoms with Crippen molar-refractivity contribution in [3.05, 3.63) is 18.0 Å². The lowest BCUT2D eigenvalue weighted by Crippen LogP contribution is -2.12. The van der Waals surface area contributed by atoms with E-state index >= 15 is 0 Å². The third-order valence-electron chi connectivity index (χ3n) is 1.83. The minimum absolute atomic E-state index is 0.613. The van der Waals surface area contributed by atoms with Crippen LogP contribution in [0.2, 0.25) is 0 Å². The van der Waals surface area contributed by atoms with Gasteiger partial charge in [-0.25, -0.2) is 0 Å². The van der Waals surface area contributed by atoms with Crippen LogP contribution in [0.1, 0.15) is 12.5 Å². The second-order valence-corrected chi connectivity index (χ2v) is 4.41. The maximum Gasteiger partial charge on any atom is 0.0530 e. The van der Waals surface area contributed by atoms with E-state index in [1.807, 2.05) is 29.7 Å². The van der Waals surface area contributed by atoms with E-state index < -0.39 is 0 Å². The van der Waals surface area contributed by atoms with E-state index in [0.29, 0.717) is 5.92 Å². The van der Waals surface area contributed by atoms with Crippen molar-refractivity contribution >= 4 is 11.8 Å². The van der Waals surface area contributed by atoms with Crippen LogP contribution in [0.3, 0.4) is 0 Å². The molecule has 0 spiro atoms. The molecular weight excluding hydrogens is 182 g/mol. The largest absolute Gasteiger partial charge is 0.330 e. The monoisotopic (exact) mass is 199 g/mol. The van der Waals surface area contributed by atoms with Gasteiger partial charge in [0, 0.05) is 19.0 Å². The molecule has 0 aliphatic heterocycles. The van der Waals surface area contributed by atoms with E-state index in [2.05, 4.69) is 18.2 Å². The summed E-state index contributed by atoms with van der Waals surface area (Å²) in [7, 11) is 1.94. The van der Waals surface area contributed by atoms with Crippen molar-refractivity contribution in [2.75, 3.05) is 12.3 Å². The molecule has 0 aliphatic rings. The van der Waals surface area contributed by atoms with Crippen LogP contribution >= 0.6 is 11.8 Å². The Balaban J connectivity index is 2.20. The molecule has 13 heavy (non-hydrogen) atoms. The van der Waals surface area contributed by atoms with Crippen molar-refractivity contribution < 1.29 is 0 Å². The molecule has 0 aromatic carbocycles. The topological polar surface area (TPSA) is 43.8 Å². The molecule has 0 aliphatic carbocycles. The number of hydrogen-bond acceptors (Lipinski definition) is 3. The van der Waals surface area contributed by atoms with Crippen LogP contribution in [0.5, 0.6) is 0 Å². The van der Waals surface area contributed by atoms with E-state index in [9.17, 15) is 0 Å². The molecule has 0 radical (unpaired) electrons. The first-order valence-electron chi connectivity index (χ1n) is 4.47. The minimum atomic E-state index is 0.613. The van der Waals surface area contributed by atoms with Gasteiger partial charge in [0.05, 0.1) is 6.20 Å². The maximum absolute atomic E-state index is 5.53. The van der Waals surface area contributed by atoms with Crippen LogP contribution < -0.4 is 5.73 Å². The maximum atomic E-state index is 5.53. The zero-order chi connectivity index (χ0) is 9.68. The molecule has 4 heteroatoms. The quantitative estimate of drug-likeness (QED) is 0.776. The van der Waals surface area contributed by atoms with Gasteiger partial charge in [-0.1, -0.05) is 6.92 Å². The first-order chi connectivity index (χ1) is 6.22. The molecular formula is C9H17N3S. The van der Waals surface area contributed by atoms with Crippen molar-refractivity contribution in [3.63, 3.8) is 0 Å². The lowest BCUT2D eigenvalue weighted by Gasteiger charge is -2.05. The van der Waals surface area contributed by atoms with E-state index in [0.717, 1.165) is 18.1 Å². The number of aromatic nitrogens is 2. The van der Waals surface area contributed by atoms with Gasteiger partial charge in [0.1, 0.15) is 0 Å². The Morgan fingerprint density at radius 1 is 1.69 bits per heavy atom. The van der Waals surface area contributed by atoms with E-state index in [-0.39, 0.29) is 0 Å². The normalized spacial score (nSPS) is 13.2. The second-order valence-electron chi connectivity index (χ2n) is 3.38. The summed E-state index contributed by atoms with van der Waals surface area (Å²) >= 11 is 1.92. The Morgan fingerprint density at radius 2 is 2.46 bits per heavy atom. The van der Waals surface area contributed by atoms with Crippen molar-refractivity contribution in [2.24, 2.45) is 18.7 Å². The van der Waals surface area contributed by atoms with Gasteiger partial charge in [-0.05, 0) is 23.8 Å². The van der Waals surface area contributed by atoms with Gasteiger partial charge in [0.15, 0.2) is 0 Å². The second kappa shape index (κ2) is 5.29. The number of nitrogens with two attached hydrogens (primary N) is 1. The number of rotatable bonds is 5. The van der Waals surface area contributed by atoms with Gasteiger partial charge >= 0.3 is 0 Å². The SMILES string of the molecule is CC(CN)CSCc1cnn(C)c1. The van der Waals surface area contributed by atoms with Crippen molar-refractivity contribution in [1.29, 1.82) is 0 Å². The fourth-order valence-corrected chi connectivity index (χ4v) is 2.03. The van der Waals surface area contributed by atoms with Crippen LogP contribution in [0.4, 0.5) is 0 Å². The summed E-state index contributed by atoms with van der Waals surface area (Å²) in [6.07, 6.45) is 3.97. The van der Waals surface area contributed by atoms with Gasteiger partial charge in [-0.15, -0.1) is 0 Å². The predicted octanol–water partition coefficient (Wildman–Crippen LogP) is 1.25. The molecule has 74 valence electrons. The van der Waals surface area contributed by atoms with Crippen molar-refractivity contribution in [1.82, 2.24) is 9.78 Å². The highest BCUT2D eigenvalue weighted by atomic mass is 32.2. The Morgan fingerprint density at radius 3 is 3.00 bits per heavy atom. The molecule has 0 saturated carbocycles. The van der Waals surface area contributed by atoms with E-state index in [1.165, 1.54) is 5.56 Å². The van der Waals surface area contributed by atoms with Crippen LogP contribution in [-0.4, -0.2) is 22.1 Å². The van der Waals surface area contributed by atoms with Gasteiger partial charge in [-0.2, -0.15) is 16.9 Å².